The van der Waals surface area contributed by atoms with Crippen LogP contribution < -0.4 is 16.0 Å². The number of aromatic nitrogens is 3. The maximum atomic E-state index is 13.3. The molecule has 2 saturated heterocycles. The molecule has 2 amide bonds. The molecule has 0 spiro atoms. The van der Waals surface area contributed by atoms with Crippen molar-refractivity contribution < 1.29 is 19.1 Å². The van der Waals surface area contributed by atoms with Gasteiger partial charge in [-0.2, -0.15) is 0 Å². The molecular formula is C30H38N8O4. The van der Waals surface area contributed by atoms with Crippen LogP contribution in [0, 0.1) is 0 Å². The maximum absolute atomic E-state index is 13.3. The van der Waals surface area contributed by atoms with Gasteiger partial charge in [0.15, 0.2) is 11.5 Å². The summed E-state index contributed by atoms with van der Waals surface area (Å²) in [6.45, 7) is 11.9. The molecule has 2 aromatic heterocycles. The normalized spacial score (nSPS) is 16.3. The van der Waals surface area contributed by atoms with E-state index in [2.05, 4.69) is 30.1 Å². The van der Waals surface area contributed by atoms with Gasteiger partial charge in [0.05, 0.1) is 42.7 Å². The zero-order chi connectivity index (χ0) is 29.7. The molecule has 4 heterocycles. The quantitative estimate of drug-likeness (QED) is 0.451. The smallest absolute Gasteiger partial charge is 0.410 e. The van der Waals surface area contributed by atoms with Crippen molar-refractivity contribution in [2.24, 2.45) is 0 Å². The molecule has 0 aliphatic carbocycles. The number of anilines is 3. The van der Waals surface area contributed by atoms with Crippen molar-refractivity contribution in [3.63, 3.8) is 0 Å². The number of nitrogen functional groups attached to an aromatic ring is 1. The number of hydrogen-bond donors (Lipinski definition) is 2. The average Bonchev–Trinajstić information content (AvgIpc) is 2.98. The molecule has 42 heavy (non-hydrogen) atoms. The number of carbonyl (C=O) groups is 2. The molecular weight excluding hydrogens is 536 g/mol. The van der Waals surface area contributed by atoms with Crippen molar-refractivity contribution in [1.29, 1.82) is 0 Å². The Morgan fingerprint density at radius 1 is 1.00 bits per heavy atom. The number of pyridine rings is 1. The summed E-state index contributed by atoms with van der Waals surface area (Å²) in [5.41, 5.74) is 9.58. The molecule has 3 aromatic rings. The molecule has 5 rings (SSSR count). The predicted octanol–water partition coefficient (Wildman–Crippen LogP) is 3.26. The SMILES string of the molecule is CC(C)(C)OC(=O)N1CCN(Cc2ccc(-c3cnc(N)c(C(=O)Nc4cnccc4N4CCOCC4)n3)cc2)CC1. The maximum Gasteiger partial charge on any atom is 0.410 e. The van der Waals surface area contributed by atoms with Gasteiger partial charge in [-0.15, -0.1) is 0 Å². The van der Waals surface area contributed by atoms with E-state index in [4.69, 9.17) is 15.2 Å². The van der Waals surface area contributed by atoms with Crippen molar-refractivity contribution in [3.8, 4) is 11.3 Å². The van der Waals surface area contributed by atoms with Crippen molar-refractivity contribution in [3.05, 3.63) is 60.2 Å². The number of rotatable bonds is 6. The summed E-state index contributed by atoms with van der Waals surface area (Å²) in [4.78, 5) is 44.8. The minimum atomic E-state index is -0.499. The van der Waals surface area contributed by atoms with Crippen LogP contribution in [0.4, 0.5) is 22.0 Å². The Morgan fingerprint density at radius 2 is 1.71 bits per heavy atom. The Hall–Kier alpha value is -4.29. The van der Waals surface area contributed by atoms with Gasteiger partial charge in [0, 0.05) is 57.6 Å². The van der Waals surface area contributed by atoms with Crippen molar-refractivity contribution >= 4 is 29.2 Å². The summed E-state index contributed by atoms with van der Waals surface area (Å²) in [5, 5.41) is 2.91. The molecule has 2 aliphatic rings. The summed E-state index contributed by atoms with van der Waals surface area (Å²) in [6, 6.07) is 9.88. The van der Waals surface area contributed by atoms with E-state index >= 15 is 0 Å². The van der Waals surface area contributed by atoms with Gasteiger partial charge in [-0.3, -0.25) is 14.7 Å². The first-order chi connectivity index (χ1) is 20.2. The minimum absolute atomic E-state index is 0.0511. The molecule has 1 aromatic carbocycles. The second kappa shape index (κ2) is 12.7. The van der Waals surface area contributed by atoms with Crippen LogP contribution in [-0.4, -0.2) is 94.8 Å². The first-order valence-electron chi connectivity index (χ1n) is 14.2. The van der Waals surface area contributed by atoms with Crippen molar-refractivity contribution in [1.82, 2.24) is 24.8 Å². The van der Waals surface area contributed by atoms with Crippen LogP contribution in [0.2, 0.25) is 0 Å². The van der Waals surface area contributed by atoms with E-state index in [0.717, 1.165) is 49.5 Å². The molecule has 2 aliphatic heterocycles. The summed E-state index contributed by atoms with van der Waals surface area (Å²) >= 11 is 0. The highest BCUT2D eigenvalue weighted by Crippen LogP contribution is 2.27. The number of nitrogens with one attached hydrogen (secondary N) is 1. The monoisotopic (exact) mass is 574 g/mol. The molecule has 3 N–H and O–H groups in total. The predicted molar refractivity (Wildman–Crippen MR) is 160 cm³/mol. The number of carbonyl (C=O) groups excluding carboxylic acids is 2. The Morgan fingerprint density at radius 3 is 2.40 bits per heavy atom. The van der Waals surface area contributed by atoms with Crippen molar-refractivity contribution in [2.45, 2.75) is 32.9 Å². The number of benzene rings is 1. The zero-order valence-corrected chi connectivity index (χ0v) is 24.4. The Kier molecular flexibility index (Phi) is 8.83. The number of nitrogens with two attached hydrogens (primary N) is 1. The summed E-state index contributed by atoms with van der Waals surface area (Å²) in [7, 11) is 0. The number of morpholine rings is 1. The molecule has 0 saturated carbocycles. The van der Waals surface area contributed by atoms with Crippen LogP contribution in [0.5, 0.6) is 0 Å². The van der Waals surface area contributed by atoms with E-state index in [-0.39, 0.29) is 17.6 Å². The summed E-state index contributed by atoms with van der Waals surface area (Å²) < 4.78 is 10.9. The number of ether oxygens (including phenoxy) is 2. The van der Waals surface area contributed by atoms with E-state index in [1.165, 1.54) is 0 Å². The molecule has 2 fully saturated rings. The van der Waals surface area contributed by atoms with Crippen LogP contribution in [-0.2, 0) is 16.0 Å². The molecule has 12 heteroatoms. The first-order valence-corrected chi connectivity index (χ1v) is 14.2. The fourth-order valence-electron chi connectivity index (χ4n) is 4.90. The molecule has 12 nitrogen and oxygen atoms in total. The van der Waals surface area contributed by atoms with E-state index in [0.29, 0.717) is 37.7 Å². The van der Waals surface area contributed by atoms with E-state index in [1.54, 1.807) is 23.5 Å². The van der Waals surface area contributed by atoms with Gasteiger partial charge in [0.2, 0.25) is 0 Å². The third-order valence-electron chi connectivity index (χ3n) is 7.09. The van der Waals surface area contributed by atoms with Gasteiger partial charge in [-0.25, -0.2) is 14.8 Å². The lowest BCUT2D eigenvalue weighted by molar-refractivity contribution is 0.0139. The van der Waals surface area contributed by atoms with Gasteiger partial charge in [0.25, 0.3) is 5.91 Å². The Labute approximate surface area is 245 Å². The lowest BCUT2D eigenvalue weighted by Gasteiger charge is -2.35. The Bertz CT molecular complexity index is 1400. The average molecular weight is 575 g/mol. The van der Waals surface area contributed by atoms with Gasteiger partial charge in [-0.1, -0.05) is 24.3 Å². The number of amides is 2. The van der Waals surface area contributed by atoms with Gasteiger partial charge in [0.1, 0.15) is 5.60 Å². The Balaban J connectivity index is 1.21. The second-order valence-electron chi connectivity index (χ2n) is 11.4. The lowest BCUT2D eigenvalue weighted by atomic mass is 10.1. The van der Waals surface area contributed by atoms with E-state index in [1.807, 2.05) is 51.1 Å². The molecule has 0 bridgehead atoms. The topological polar surface area (TPSA) is 139 Å². The van der Waals surface area contributed by atoms with Crippen LogP contribution in [0.3, 0.4) is 0 Å². The molecule has 222 valence electrons. The number of piperazine rings is 1. The van der Waals surface area contributed by atoms with Gasteiger partial charge in [-0.05, 0) is 32.4 Å². The van der Waals surface area contributed by atoms with Crippen LogP contribution in [0.25, 0.3) is 11.3 Å². The third kappa shape index (κ3) is 7.31. The number of hydrogen-bond acceptors (Lipinski definition) is 10. The van der Waals surface area contributed by atoms with Gasteiger partial charge < -0.3 is 30.3 Å². The fraction of sp³-hybridized carbons (Fsp3) is 0.433. The van der Waals surface area contributed by atoms with Crippen molar-refractivity contribution in [2.75, 3.05) is 68.4 Å². The first kappa shape index (κ1) is 29.2. The van der Waals surface area contributed by atoms with Crippen LogP contribution in [0.1, 0.15) is 36.8 Å². The highest BCUT2D eigenvalue weighted by atomic mass is 16.6. The van der Waals surface area contributed by atoms with E-state index in [9.17, 15) is 9.59 Å². The molecule has 0 radical (unpaired) electrons. The largest absolute Gasteiger partial charge is 0.444 e. The standard InChI is InChI=1S/C30H38N8O4/c1-30(2,3)42-29(40)38-12-10-36(11-13-38)20-21-4-6-22(7-5-21)23-19-33-27(31)26(34-23)28(39)35-24-18-32-9-8-25(24)37-14-16-41-17-15-37/h4-9,18-19H,10-17,20H2,1-3H3,(H2,31,33)(H,35,39). The number of nitrogens with zero attached hydrogens (tertiary/aromatic N) is 6. The third-order valence-corrected chi connectivity index (χ3v) is 7.09. The van der Waals surface area contributed by atoms with E-state index < -0.39 is 11.5 Å². The van der Waals surface area contributed by atoms with Crippen LogP contribution in [0.15, 0.2) is 48.9 Å². The summed E-state index contributed by atoms with van der Waals surface area (Å²) in [5.74, 6) is -0.401. The highest BCUT2D eigenvalue weighted by molar-refractivity contribution is 6.07. The zero-order valence-electron chi connectivity index (χ0n) is 24.4. The minimum Gasteiger partial charge on any atom is -0.444 e. The second-order valence-corrected chi connectivity index (χ2v) is 11.4. The lowest BCUT2D eigenvalue weighted by Crippen LogP contribution is -2.49. The molecule has 0 unspecified atom stereocenters. The van der Waals surface area contributed by atoms with Gasteiger partial charge >= 0.3 is 6.09 Å². The molecule has 0 atom stereocenters. The highest BCUT2D eigenvalue weighted by Gasteiger charge is 2.26. The van der Waals surface area contributed by atoms with Crippen LogP contribution >= 0.6 is 0 Å². The fourth-order valence-corrected chi connectivity index (χ4v) is 4.90. The summed E-state index contributed by atoms with van der Waals surface area (Å²) in [6.07, 6.45) is 4.62.